The van der Waals surface area contributed by atoms with Crippen LogP contribution < -0.4 is 10.5 Å². The minimum atomic E-state index is -0.0422. The minimum absolute atomic E-state index is 0.0422. The molecule has 2 aliphatic rings. The van der Waals surface area contributed by atoms with Crippen molar-refractivity contribution in [3.05, 3.63) is 27.7 Å². The van der Waals surface area contributed by atoms with Crippen LogP contribution in [0.3, 0.4) is 0 Å². The zero-order valence-corrected chi connectivity index (χ0v) is 13.8. The maximum Gasteiger partial charge on any atom is 0.125 e. The average molecular weight is 338 g/mol. The van der Waals surface area contributed by atoms with E-state index < -0.39 is 0 Å². The van der Waals surface area contributed by atoms with Crippen molar-refractivity contribution in [1.29, 1.82) is 0 Å². The van der Waals surface area contributed by atoms with Gasteiger partial charge in [-0.15, -0.1) is 0 Å². The first-order valence-corrected chi connectivity index (χ1v) is 8.62. The Morgan fingerprint density at radius 2 is 2.30 bits per heavy atom. The Labute approximate surface area is 130 Å². The van der Waals surface area contributed by atoms with E-state index in [-0.39, 0.29) is 5.54 Å². The van der Waals surface area contributed by atoms with E-state index in [4.69, 9.17) is 10.5 Å². The summed E-state index contributed by atoms with van der Waals surface area (Å²) >= 11 is 3.63. The van der Waals surface area contributed by atoms with Crippen molar-refractivity contribution < 1.29 is 4.74 Å². The summed E-state index contributed by atoms with van der Waals surface area (Å²) in [5, 5.41) is 0. The molecule has 0 aromatic heterocycles. The van der Waals surface area contributed by atoms with Crippen LogP contribution in [-0.4, -0.2) is 12.1 Å². The topological polar surface area (TPSA) is 35.2 Å². The van der Waals surface area contributed by atoms with E-state index in [0.717, 1.165) is 48.4 Å². The summed E-state index contributed by atoms with van der Waals surface area (Å²) in [5.74, 6) is 1.91. The van der Waals surface area contributed by atoms with E-state index in [2.05, 4.69) is 35.0 Å². The monoisotopic (exact) mass is 337 g/mol. The zero-order chi connectivity index (χ0) is 14.2. The Balaban J connectivity index is 1.84. The SMILES string of the molecule is CCC1CCCC(N)(Cc2cc(Br)cc3c2OCC3)C1. The molecule has 1 aromatic carbocycles. The first-order valence-electron chi connectivity index (χ1n) is 7.82. The summed E-state index contributed by atoms with van der Waals surface area (Å²) in [6, 6.07) is 4.39. The number of halogens is 1. The van der Waals surface area contributed by atoms with Crippen LogP contribution in [0.4, 0.5) is 0 Å². The van der Waals surface area contributed by atoms with Gasteiger partial charge in [0.15, 0.2) is 0 Å². The van der Waals surface area contributed by atoms with Crippen molar-refractivity contribution in [2.75, 3.05) is 6.61 Å². The van der Waals surface area contributed by atoms with Crippen LogP contribution in [0, 0.1) is 5.92 Å². The normalized spacial score (nSPS) is 29.1. The fourth-order valence-corrected chi connectivity index (χ4v) is 4.44. The molecule has 1 aliphatic carbocycles. The Hall–Kier alpha value is -0.540. The second-order valence-electron chi connectivity index (χ2n) is 6.56. The van der Waals surface area contributed by atoms with E-state index >= 15 is 0 Å². The summed E-state index contributed by atoms with van der Waals surface area (Å²) in [5.41, 5.74) is 9.32. The molecular formula is C17H24BrNO. The first-order chi connectivity index (χ1) is 9.59. The van der Waals surface area contributed by atoms with Gasteiger partial charge >= 0.3 is 0 Å². The van der Waals surface area contributed by atoms with Crippen molar-refractivity contribution in [1.82, 2.24) is 0 Å². The second kappa shape index (κ2) is 5.69. The first kappa shape index (κ1) is 14.4. The summed E-state index contributed by atoms with van der Waals surface area (Å²) in [6.07, 6.45) is 8.15. The second-order valence-corrected chi connectivity index (χ2v) is 7.48. The largest absolute Gasteiger partial charge is 0.493 e. The molecule has 0 radical (unpaired) electrons. The van der Waals surface area contributed by atoms with E-state index in [9.17, 15) is 0 Å². The summed E-state index contributed by atoms with van der Waals surface area (Å²) < 4.78 is 7.00. The highest BCUT2D eigenvalue weighted by Gasteiger charge is 2.33. The van der Waals surface area contributed by atoms with Crippen LogP contribution in [-0.2, 0) is 12.8 Å². The van der Waals surface area contributed by atoms with E-state index in [0.29, 0.717) is 0 Å². The van der Waals surface area contributed by atoms with E-state index in [1.165, 1.54) is 30.4 Å². The molecule has 1 aromatic rings. The fourth-order valence-electron chi connectivity index (χ4n) is 3.89. The molecule has 20 heavy (non-hydrogen) atoms. The number of hydrogen-bond acceptors (Lipinski definition) is 2. The molecule has 0 bridgehead atoms. The maximum absolute atomic E-state index is 6.73. The van der Waals surface area contributed by atoms with Crippen LogP contribution in [0.15, 0.2) is 16.6 Å². The van der Waals surface area contributed by atoms with Crippen LogP contribution in [0.1, 0.15) is 50.2 Å². The third kappa shape index (κ3) is 2.89. The highest BCUT2D eigenvalue weighted by molar-refractivity contribution is 9.10. The lowest BCUT2D eigenvalue weighted by atomic mass is 9.72. The summed E-state index contributed by atoms with van der Waals surface area (Å²) in [4.78, 5) is 0. The van der Waals surface area contributed by atoms with Gasteiger partial charge in [-0.3, -0.25) is 0 Å². The van der Waals surface area contributed by atoms with E-state index in [1.807, 2.05) is 0 Å². The number of fused-ring (bicyclic) bond motifs is 1. The van der Waals surface area contributed by atoms with Gasteiger partial charge in [0.1, 0.15) is 5.75 Å². The van der Waals surface area contributed by atoms with Crippen molar-refractivity contribution in [3.63, 3.8) is 0 Å². The highest BCUT2D eigenvalue weighted by atomic mass is 79.9. The van der Waals surface area contributed by atoms with Crippen molar-refractivity contribution in [2.24, 2.45) is 11.7 Å². The molecule has 1 fully saturated rings. The van der Waals surface area contributed by atoms with Crippen molar-refractivity contribution in [2.45, 2.75) is 57.4 Å². The standard InChI is InChI=1S/C17H24BrNO/c1-2-12-4-3-6-17(19,10-12)11-14-9-15(18)8-13-5-7-20-16(13)14/h8-9,12H,2-7,10-11,19H2,1H3. The smallest absolute Gasteiger partial charge is 0.125 e. The molecule has 3 rings (SSSR count). The molecule has 2 N–H and O–H groups in total. The molecule has 0 amide bonds. The number of benzene rings is 1. The summed E-state index contributed by atoms with van der Waals surface area (Å²) in [7, 11) is 0. The molecule has 2 atom stereocenters. The number of hydrogen-bond donors (Lipinski definition) is 1. The molecule has 1 saturated carbocycles. The number of nitrogens with two attached hydrogens (primary N) is 1. The highest BCUT2D eigenvalue weighted by Crippen LogP contribution is 2.39. The lowest BCUT2D eigenvalue weighted by molar-refractivity contribution is 0.216. The third-order valence-electron chi connectivity index (χ3n) is 4.93. The molecule has 0 saturated heterocycles. The van der Waals surface area contributed by atoms with Gasteiger partial charge in [0, 0.05) is 16.4 Å². The van der Waals surface area contributed by atoms with Gasteiger partial charge in [-0.1, -0.05) is 42.1 Å². The van der Waals surface area contributed by atoms with Crippen molar-refractivity contribution in [3.8, 4) is 5.75 Å². The van der Waals surface area contributed by atoms with Gasteiger partial charge in [0.05, 0.1) is 6.61 Å². The van der Waals surface area contributed by atoms with Gasteiger partial charge in [0.2, 0.25) is 0 Å². The predicted molar refractivity (Wildman–Crippen MR) is 86.2 cm³/mol. The average Bonchev–Trinajstić information content (AvgIpc) is 2.86. The van der Waals surface area contributed by atoms with Crippen LogP contribution in [0.25, 0.3) is 0 Å². The van der Waals surface area contributed by atoms with E-state index in [1.54, 1.807) is 0 Å². The Bertz CT molecular complexity index is 502. The number of ether oxygens (including phenoxy) is 1. The predicted octanol–water partition coefficient (Wildman–Crippen LogP) is 4.22. The van der Waals surface area contributed by atoms with Gasteiger partial charge < -0.3 is 10.5 Å². The summed E-state index contributed by atoms with van der Waals surface area (Å²) in [6.45, 7) is 3.10. The molecular weight excluding hydrogens is 314 g/mol. The molecule has 2 nitrogen and oxygen atoms in total. The molecule has 3 heteroatoms. The fraction of sp³-hybridized carbons (Fsp3) is 0.647. The third-order valence-corrected chi connectivity index (χ3v) is 5.39. The van der Waals surface area contributed by atoms with Gasteiger partial charge in [-0.25, -0.2) is 0 Å². The molecule has 0 spiro atoms. The minimum Gasteiger partial charge on any atom is -0.493 e. The Morgan fingerprint density at radius 1 is 1.45 bits per heavy atom. The Kier molecular flexibility index (Phi) is 4.09. The number of rotatable bonds is 3. The quantitative estimate of drug-likeness (QED) is 0.895. The lowest BCUT2D eigenvalue weighted by Crippen LogP contribution is -2.46. The van der Waals surface area contributed by atoms with Gasteiger partial charge in [-0.2, -0.15) is 0 Å². The molecule has 110 valence electrons. The molecule has 1 aliphatic heterocycles. The Morgan fingerprint density at radius 3 is 3.10 bits per heavy atom. The van der Waals surface area contributed by atoms with Gasteiger partial charge in [0.25, 0.3) is 0 Å². The van der Waals surface area contributed by atoms with Crippen molar-refractivity contribution >= 4 is 15.9 Å². The lowest BCUT2D eigenvalue weighted by Gasteiger charge is -2.38. The molecule has 1 heterocycles. The zero-order valence-electron chi connectivity index (χ0n) is 12.3. The van der Waals surface area contributed by atoms with Gasteiger partial charge in [-0.05, 0) is 48.4 Å². The van der Waals surface area contributed by atoms with Crippen LogP contribution in [0.5, 0.6) is 5.75 Å². The molecule has 2 unspecified atom stereocenters. The maximum atomic E-state index is 6.73. The van der Waals surface area contributed by atoms with Crippen LogP contribution in [0.2, 0.25) is 0 Å². The van der Waals surface area contributed by atoms with Crippen LogP contribution >= 0.6 is 15.9 Å².